The summed E-state index contributed by atoms with van der Waals surface area (Å²) in [7, 11) is 0. The minimum Gasteiger partial charge on any atom is -0.481 e. The zero-order valence-electron chi connectivity index (χ0n) is 17.6. The molecule has 0 heterocycles. The Kier molecular flexibility index (Phi) is 6.29. The zero-order chi connectivity index (χ0) is 19.7. The molecule has 0 aromatic rings. The second-order valence-electron chi connectivity index (χ2n) is 10.5. The van der Waals surface area contributed by atoms with Crippen molar-refractivity contribution >= 4 is 5.97 Å². The Labute approximate surface area is 166 Å². The molecular weight excluding hydrogens is 332 g/mol. The highest BCUT2D eigenvalue weighted by Gasteiger charge is 2.59. The molecule has 0 aromatic carbocycles. The molecule has 2 heteroatoms. The predicted molar refractivity (Wildman–Crippen MR) is 111 cm³/mol. The molecule has 4 aliphatic carbocycles. The maximum atomic E-state index is 10.9. The van der Waals surface area contributed by atoms with Crippen molar-refractivity contribution in [1.29, 1.82) is 0 Å². The normalized spacial score (nSPS) is 45.6. The second kappa shape index (κ2) is 8.18. The van der Waals surface area contributed by atoms with Crippen LogP contribution in [0.15, 0.2) is 0 Å². The Morgan fingerprint density at radius 1 is 0.926 bits per heavy atom. The van der Waals surface area contributed by atoms with Crippen molar-refractivity contribution in [3.63, 3.8) is 0 Å². The van der Waals surface area contributed by atoms with Gasteiger partial charge in [0.25, 0.3) is 0 Å². The molecule has 0 spiro atoms. The molecule has 4 unspecified atom stereocenters. The lowest BCUT2D eigenvalue weighted by molar-refractivity contribution is -0.137. The van der Waals surface area contributed by atoms with Crippen molar-refractivity contribution in [2.45, 2.75) is 97.3 Å². The van der Waals surface area contributed by atoms with Gasteiger partial charge in [-0.15, -0.1) is 12.8 Å². The summed E-state index contributed by atoms with van der Waals surface area (Å²) < 4.78 is 0. The molecule has 0 bridgehead atoms. The highest BCUT2D eigenvalue weighted by atomic mass is 16.4. The van der Waals surface area contributed by atoms with E-state index in [2.05, 4.69) is 26.7 Å². The van der Waals surface area contributed by atoms with E-state index in [0.29, 0.717) is 17.3 Å². The Morgan fingerprint density at radius 2 is 1.67 bits per heavy atom. The smallest absolute Gasteiger partial charge is 0.303 e. The van der Waals surface area contributed by atoms with Crippen LogP contribution in [0.5, 0.6) is 0 Å². The maximum Gasteiger partial charge on any atom is 0.303 e. The summed E-state index contributed by atoms with van der Waals surface area (Å²) >= 11 is 0. The second-order valence-corrected chi connectivity index (χ2v) is 10.5. The van der Waals surface area contributed by atoms with Crippen LogP contribution in [0.25, 0.3) is 0 Å². The average Bonchev–Trinajstić information content (AvgIpc) is 2.99. The van der Waals surface area contributed by atoms with Gasteiger partial charge >= 0.3 is 5.97 Å². The van der Waals surface area contributed by atoms with Crippen LogP contribution in [0.3, 0.4) is 0 Å². The molecule has 27 heavy (non-hydrogen) atoms. The number of hydrogen-bond donors (Lipinski definition) is 1. The molecule has 152 valence electrons. The monoisotopic (exact) mass is 372 g/mol. The fourth-order valence-electron chi connectivity index (χ4n) is 8.38. The first-order valence-corrected chi connectivity index (χ1v) is 11.5. The van der Waals surface area contributed by atoms with Gasteiger partial charge in [-0.3, -0.25) is 4.79 Å². The fourth-order valence-corrected chi connectivity index (χ4v) is 8.38. The Balaban J connectivity index is 0.00000102. The molecule has 0 radical (unpaired) electrons. The van der Waals surface area contributed by atoms with Gasteiger partial charge in [0.1, 0.15) is 0 Å². The van der Waals surface area contributed by atoms with Crippen LogP contribution in [-0.2, 0) is 4.79 Å². The molecular formula is C25H40O2. The first kappa shape index (κ1) is 20.8. The molecule has 4 rings (SSSR count). The number of carboxylic acids is 1. The lowest BCUT2D eigenvalue weighted by Crippen LogP contribution is -2.52. The van der Waals surface area contributed by atoms with Gasteiger partial charge in [-0.2, -0.15) is 0 Å². The van der Waals surface area contributed by atoms with Gasteiger partial charge in [0.05, 0.1) is 0 Å². The third kappa shape index (κ3) is 3.56. The lowest BCUT2D eigenvalue weighted by atomic mass is 9.45. The average molecular weight is 373 g/mol. The van der Waals surface area contributed by atoms with Crippen molar-refractivity contribution in [3.05, 3.63) is 0 Å². The predicted octanol–water partition coefficient (Wildman–Crippen LogP) is 6.54. The van der Waals surface area contributed by atoms with Crippen LogP contribution in [0.2, 0.25) is 0 Å². The number of carboxylic acid groups (broad SMARTS) is 1. The van der Waals surface area contributed by atoms with Crippen LogP contribution in [0.1, 0.15) is 97.3 Å². The summed E-state index contributed by atoms with van der Waals surface area (Å²) in [5, 5.41) is 8.98. The number of fused-ring (bicyclic) bond motifs is 5. The minimum absolute atomic E-state index is 0.364. The van der Waals surface area contributed by atoms with Crippen LogP contribution < -0.4 is 0 Å². The highest BCUT2D eigenvalue weighted by Crippen LogP contribution is 2.67. The molecule has 0 aliphatic heterocycles. The van der Waals surface area contributed by atoms with Gasteiger partial charge in [-0.1, -0.05) is 26.7 Å². The van der Waals surface area contributed by atoms with E-state index in [9.17, 15) is 4.79 Å². The Morgan fingerprint density at radius 3 is 2.41 bits per heavy atom. The van der Waals surface area contributed by atoms with Gasteiger partial charge in [0, 0.05) is 6.42 Å². The van der Waals surface area contributed by atoms with Crippen LogP contribution in [-0.4, -0.2) is 11.1 Å². The third-order valence-electron chi connectivity index (χ3n) is 9.72. The van der Waals surface area contributed by atoms with Crippen molar-refractivity contribution in [3.8, 4) is 12.8 Å². The van der Waals surface area contributed by atoms with Gasteiger partial charge in [-0.05, 0) is 105 Å². The van der Waals surface area contributed by atoms with Crippen molar-refractivity contribution in [2.24, 2.45) is 40.4 Å². The first-order chi connectivity index (χ1) is 12.9. The summed E-state index contributed by atoms with van der Waals surface area (Å²) in [6, 6.07) is 0. The molecule has 0 amide bonds. The summed E-state index contributed by atoms with van der Waals surface area (Å²) in [6.45, 7) is 5.25. The largest absolute Gasteiger partial charge is 0.481 e. The van der Waals surface area contributed by atoms with Crippen LogP contribution in [0, 0.1) is 53.3 Å². The summed E-state index contributed by atoms with van der Waals surface area (Å²) in [4.78, 5) is 10.9. The number of hydrogen-bond acceptors (Lipinski definition) is 1. The van der Waals surface area contributed by atoms with Crippen LogP contribution >= 0.6 is 0 Å². The molecule has 4 saturated carbocycles. The highest BCUT2D eigenvalue weighted by molar-refractivity contribution is 5.66. The number of terminal acetylenes is 1. The van der Waals surface area contributed by atoms with Gasteiger partial charge in [0.2, 0.25) is 0 Å². The van der Waals surface area contributed by atoms with Gasteiger partial charge < -0.3 is 5.11 Å². The van der Waals surface area contributed by atoms with Crippen LogP contribution in [0.4, 0.5) is 0 Å². The topological polar surface area (TPSA) is 37.3 Å². The van der Waals surface area contributed by atoms with Gasteiger partial charge in [0.15, 0.2) is 0 Å². The van der Waals surface area contributed by atoms with Crippen molar-refractivity contribution in [1.82, 2.24) is 0 Å². The van der Waals surface area contributed by atoms with E-state index in [1.807, 2.05) is 0 Å². The standard InChI is InChI=1S/C23H38O2.C2H2/c1-22-14-4-3-6-16(22)9-11-18-19-12-10-17(7-5-8-21(24)25)23(19,2)15-13-20(18)22;1-2/h16-20H,3-15H2,1-2H3,(H,24,25);1-2H/t16-,17?,18?,19?,20?,22-,23+;/m0./s1. The molecule has 4 aliphatic rings. The number of rotatable bonds is 4. The van der Waals surface area contributed by atoms with E-state index >= 15 is 0 Å². The quantitative estimate of drug-likeness (QED) is 0.569. The van der Waals surface area contributed by atoms with E-state index in [0.717, 1.165) is 42.4 Å². The third-order valence-corrected chi connectivity index (χ3v) is 9.72. The summed E-state index contributed by atoms with van der Waals surface area (Å²) in [5.74, 6) is 4.08. The summed E-state index contributed by atoms with van der Waals surface area (Å²) in [6.07, 6.45) is 25.0. The summed E-state index contributed by atoms with van der Waals surface area (Å²) in [5.41, 5.74) is 1.15. The molecule has 1 N–H and O–H groups in total. The molecule has 0 saturated heterocycles. The first-order valence-electron chi connectivity index (χ1n) is 11.5. The SMILES string of the molecule is C#C.C[C@]12CCC3C(CC[C@@H]4CCCC[C@]34C)C1CCC2CCCC(=O)O. The maximum absolute atomic E-state index is 10.9. The number of carbonyl (C=O) groups is 1. The fraction of sp³-hybridized carbons (Fsp3) is 0.880. The van der Waals surface area contributed by atoms with E-state index in [1.54, 1.807) is 0 Å². The molecule has 4 fully saturated rings. The van der Waals surface area contributed by atoms with E-state index in [-0.39, 0.29) is 0 Å². The van der Waals surface area contributed by atoms with E-state index in [1.165, 1.54) is 64.2 Å². The van der Waals surface area contributed by atoms with Gasteiger partial charge in [-0.25, -0.2) is 0 Å². The molecule has 2 nitrogen and oxygen atoms in total. The lowest BCUT2D eigenvalue weighted by Gasteiger charge is -2.60. The van der Waals surface area contributed by atoms with E-state index in [4.69, 9.17) is 5.11 Å². The van der Waals surface area contributed by atoms with Crippen molar-refractivity contribution in [2.75, 3.05) is 0 Å². The van der Waals surface area contributed by atoms with E-state index < -0.39 is 5.97 Å². The minimum atomic E-state index is -0.619. The Bertz CT molecular complexity index is 552. The number of aliphatic carboxylic acids is 1. The molecule has 7 atom stereocenters. The Hall–Kier alpha value is -0.970. The zero-order valence-corrected chi connectivity index (χ0v) is 17.6. The van der Waals surface area contributed by atoms with Crippen molar-refractivity contribution < 1.29 is 9.90 Å². The molecule has 0 aromatic heterocycles.